The fourth-order valence-electron chi connectivity index (χ4n) is 2.59. The fraction of sp³-hybridized carbons (Fsp3) is 0.500. The van der Waals surface area contributed by atoms with Crippen LogP contribution in [-0.4, -0.2) is 17.7 Å². The second-order valence-corrected chi connectivity index (χ2v) is 4.88. The number of hydrogen-bond donors (Lipinski definition) is 1. The fourth-order valence-corrected chi connectivity index (χ4v) is 2.59. The zero-order valence-electron chi connectivity index (χ0n) is 10.1. The van der Waals surface area contributed by atoms with E-state index in [0.717, 1.165) is 18.4 Å². The van der Waals surface area contributed by atoms with E-state index in [9.17, 15) is 4.79 Å². The smallest absolute Gasteiger partial charge is 0.306 e. The quantitative estimate of drug-likeness (QED) is 0.874. The molecule has 3 nitrogen and oxygen atoms in total. The first kappa shape index (κ1) is 12.1. The Labute approximate surface area is 101 Å². The number of benzene rings is 1. The van der Waals surface area contributed by atoms with Gasteiger partial charge in [-0.15, -0.1) is 0 Å². The molecule has 2 atom stereocenters. The highest BCUT2D eigenvalue weighted by Crippen LogP contribution is 2.40. The first-order valence-corrected chi connectivity index (χ1v) is 6.04. The highest BCUT2D eigenvalue weighted by atomic mass is 16.5. The lowest BCUT2D eigenvalue weighted by Crippen LogP contribution is -2.38. The lowest BCUT2D eigenvalue weighted by Gasteiger charge is -2.39. The van der Waals surface area contributed by atoms with Crippen LogP contribution in [0.5, 0.6) is 0 Å². The van der Waals surface area contributed by atoms with Crippen LogP contribution < -0.4 is 0 Å². The topological polar surface area (TPSA) is 46.5 Å². The molecule has 1 aromatic carbocycles. The summed E-state index contributed by atoms with van der Waals surface area (Å²) in [5.41, 5.74) is 0.346. The molecule has 0 unspecified atom stereocenters. The van der Waals surface area contributed by atoms with Gasteiger partial charge in [0.1, 0.15) is 5.60 Å². The molecule has 17 heavy (non-hydrogen) atoms. The zero-order chi connectivity index (χ0) is 12.3. The van der Waals surface area contributed by atoms with Gasteiger partial charge in [-0.1, -0.05) is 37.3 Å². The van der Waals surface area contributed by atoms with Crippen molar-refractivity contribution in [3.05, 3.63) is 35.9 Å². The van der Waals surface area contributed by atoms with Crippen LogP contribution in [0.25, 0.3) is 0 Å². The summed E-state index contributed by atoms with van der Waals surface area (Å²) in [6.45, 7) is 2.80. The Morgan fingerprint density at radius 3 is 2.76 bits per heavy atom. The summed E-state index contributed by atoms with van der Waals surface area (Å²) in [5.74, 6) is -0.300. The molecule has 1 aromatic rings. The van der Waals surface area contributed by atoms with Gasteiger partial charge in [-0.25, -0.2) is 0 Å². The molecule has 0 radical (unpaired) electrons. The Kier molecular flexibility index (Phi) is 3.48. The molecule has 1 saturated heterocycles. The molecule has 0 spiro atoms. The standard InChI is InChI=1S/C14H18O3/c1-11-7-8-17-14(9-11,10-13(15)16)12-5-3-2-4-6-12/h2-6,11H,7-10H2,1H3,(H,15,16)/t11-,14+/m0/s1. The lowest BCUT2D eigenvalue weighted by molar-refractivity contribution is -0.154. The van der Waals surface area contributed by atoms with Crippen molar-refractivity contribution in [2.45, 2.75) is 31.8 Å². The van der Waals surface area contributed by atoms with Crippen molar-refractivity contribution in [1.82, 2.24) is 0 Å². The van der Waals surface area contributed by atoms with Crippen LogP contribution in [0.1, 0.15) is 31.7 Å². The van der Waals surface area contributed by atoms with Crippen LogP contribution in [0, 0.1) is 5.92 Å². The number of carbonyl (C=O) groups is 1. The summed E-state index contributed by atoms with van der Waals surface area (Å²) in [6.07, 6.45) is 1.83. The van der Waals surface area contributed by atoms with Gasteiger partial charge in [-0.05, 0) is 24.3 Å². The van der Waals surface area contributed by atoms with Gasteiger partial charge < -0.3 is 9.84 Å². The minimum absolute atomic E-state index is 0.0430. The number of carboxylic acid groups (broad SMARTS) is 1. The SMILES string of the molecule is C[C@H]1CCO[C@](CC(=O)O)(c2ccccc2)C1. The zero-order valence-corrected chi connectivity index (χ0v) is 10.1. The van der Waals surface area contributed by atoms with E-state index in [1.807, 2.05) is 30.3 Å². The number of ether oxygens (including phenoxy) is 1. The average molecular weight is 234 g/mol. The van der Waals surface area contributed by atoms with Gasteiger partial charge in [0.25, 0.3) is 0 Å². The van der Waals surface area contributed by atoms with Gasteiger partial charge in [-0.3, -0.25) is 4.79 Å². The second kappa shape index (κ2) is 4.88. The molecule has 1 N–H and O–H groups in total. The van der Waals surface area contributed by atoms with Crippen molar-refractivity contribution in [2.75, 3.05) is 6.61 Å². The number of hydrogen-bond acceptors (Lipinski definition) is 2. The second-order valence-electron chi connectivity index (χ2n) is 4.88. The predicted molar refractivity (Wildman–Crippen MR) is 64.7 cm³/mol. The normalized spacial score (nSPS) is 28.9. The highest BCUT2D eigenvalue weighted by Gasteiger charge is 2.39. The summed E-state index contributed by atoms with van der Waals surface area (Å²) in [5, 5.41) is 9.10. The van der Waals surface area contributed by atoms with Gasteiger partial charge in [0.2, 0.25) is 0 Å². The molecular weight excluding hydrogens is 216 g/mol. The first-order chi connectivity index (χ1) is 8.12. The Morgan fingerprint density at radius 2 is 2.18 bits per heavy atom. The first-order valence-electron chi connectivity index (χ1n) is 6.04. The van der Waals surface area contributed by atoms with E-state index in [2.05, 4.69) is 6.92 Å². The predicted octanol–water partition coefficient (Wildman–Crippen LogP) is 2.80. The summed E-state index contributed by atoms with van der Waals surface area (Å²) < 4.78 is 5.85. The van der Waals surface area contributed by atoms with Gasteiger partial charge in [0.05, 0.1) is 6.42 Å². The van der Waals surface area contributed by atoms with Crippen LogP contribution in [-0.2, 0) is 15.1 Å². The third-order valence-corrected chi connectivity index (χ3v) is 3.40. The number of rotatable bonds is 3. The molecule has 0 aliphatic carbocycles. The van der Waals surface area contributed by atoms with Crippen molar-refractivity contribution >= 4 is 5.97 Å². The molecule has 1 aliphatic rings. The van der Waals surface area contributed by atoms with Gasteiger partial charge in [-0.2, -0.15) is 0 Å². The van der Waals surface area contributed by atoms with Crippen LogP contribution in [0.2, 0.25) is 0 Å². The summed E-state index contributed by atoms with van der Waals surface area (Å²) in [7, 11) is 0. The summed E-state index contributed by atoms with van der Waals surface area (Å²) in [6, 6.07) is 9.72. The van der Waals surface area contributed by atoms with E-state index in [-0.39, 0.29) is 6.42 Å². The maximum absolute atomic E-state index is 11.1. The molecule has 0 amide bonds. The van der Waals surface area contributed by atoms with E-state index in [1.165, 1.54) is 0 Å². The van der Waals surface area contributed by atoms with Crippen molar-refractivity contribution in [2.24, 2.45) is 5.92 Å². The maximum Gasteiger partial charge on any atom is 0.306 e. The third-order valence-electron chi connectivity index (χ3n) is 3.40. The Hall–Kier alpha value is -1.35. The van der Waals surface area contributed by atoms with Crippen molar-refractivity contribution < 1.29 is 14.6 Å². The van der Waals surface area contributed by atoms with Gasteiger partial charge in [0, 0.05) is 6.61 Å². The monoisotopic (exact) mass is 234 g/mol. The number of aliphatic carboxylic acids is 1. The summed E-state index contributed by atoms with van der Waals surface area (Å²) in [4.78, 5) is 11.1. The minimum Gasteiger partial charge on any atom is -0.481 e. The van der Waals surface area contributed by atoms with E-state index in [0.29, 0.717) is 12.5 Å². The molecular formula is C14H18O3. The van der Waals surface area contributed by atoms with E-state index < -0.39 is 11.6 Å². The molecule has 0 bridgehead atoms. The molecule has 92 valence electrons. The average Bonchev–Trinajstić information content (AvgIpc) is 2.29. The van der Waals surface area contributed by atoms with Gasteiger partial charge >= 0.3 is 5.97 Å². The third kappa shape index (κ3) is 2.67. The molecule has 2 rings (SSSR count). The van der Waals surface area contributed by atoms with Crippen molar-refractivity contribution in [3.8, 4) is 0 Å². The molecule has 1 aliphatic heterocycles. The number of carboxylic acids is 1. The van der Waals surface area contributed by atoms with E-state index >= 15 is 0 Å². The largest absolute Gasteiger partial charge is 0.481 e. The minimum atomic E-state index is -0.803. The van der Waals surface area contributed by atoms with Crippen LogP contribution in [0.15, 0.2) is 30.3 Å². The Morgan fingerprint density at radius 1 is 1.47 bits per heavy atom. The molecule has 3 heteroatoms. The van der Waals surface area contributed by atoms with E-state index in [4.69, 9.17) is 9.84 Å². The Bertz CT molecular complexity index is 388. The molecule has 0 aromatic heterocycles. The molecule has 1 heterocycles. The van der Waals surface area contributed by atoms with Crippen molar-refractivity contribution in [3.63, 3.8) is 0 Å². The highest BCUT2D eigenvalue weighted by molar-refractivity contribution is 5.68. The van der Waals surface area contributed by atoms with E-state index in [1.54, 1.807) is 0 Å². The van der Waals surface area contributed by atoms with Crippen LogP contribution in [0.4, 0.5) is 0 Å². The van der Waals surface area contributed by atoms with Crippen LogP contribution >= 0.6 is 0 Å². The van der Waals surface area contributed by atoms with Gasteiger partial charge in [0.15, 0.2) is 0 Å². The molecule has 0 saturated carbocycles. The lowest BCUT2D eigenvalue weighted by atomic mass is 9.79. The summed E-state index contributed by atoms with van der Waals surface area (Å²) >= 11 is 0. The maximum atomic E-state index is 11.1. The Balaban J connectivity index is 2.32. The van der Waals surface area contributed by atoms with Crippen molar-refractivity contribution in [1.29, 1.82) is 0 Å². The molecule has 1 fully saturated rings. The van der Waals surface area contributed by atoms with Crippen LogP contribution in [0.3, 0.4) is 0 Å².